The van der Waals surface area contributed by atoms with Crippen molar-refractivity contribution < 1.29 is 4.39 Å². The molecule has 1 atom stereocenters. The molecular weight excluding hydrogens is 233 g/mol. The molecule has 2 aromatic rings. The Bertz CT molecular complexity index is 513. The fourth-order valence-corrected chi connectivity index (χ4v) is 2.65. The van der Waals surface area contributed by atoms with Crippen LogP contribution in [0.2, 0.25) is 0 Å². The van der Waals surface area contributed by atoms with E-state index in [0.29, 0.717) is 0 Å². The second-order valence-electron chi connectivity index (χ2n) is 3.89. The molecule has 2 aromatic carbocycles. The maximum absolute atomic E-state index is 13.1. The van der Waals surface area contributed by atoms with Gasteiger partial charge in [-0.2, -0.15) is 0 Å². The summed E-state index contributed by atoms with van der Waals surface area (Å²) in [7, 11) is 0. The zero-order chi connectivity index (χ0) is 12.3. The molecule has 0 spiro atoms. The first-order valence-electron chi connectivity index (χ1n) is 5.43. The van der Waals surface area contributed by atoms with Crippen LogP contribution in [-0.2, 0) is 0 Å². The van der Waals surface area contributed by atoms with E-state index in [1.54, 1.807) is 23.9 Å². The number of nitrogens with two attached hydrogens (primary N) is 1. The molecule has 0 aliphatic heterocycles. The molecule has 0 amide bonds. The summed E-state index contributed by atoms with van der Waals surface area (Å²) in [5.74, 6) is -0.199. The number of rotatable bonds is 3. The first-order chi connectivity index (χ1) is 8.15. The Morgan fingerprint density at radius 2 is 1.88 bits per heavy atom. The summed E-state index contributed by atoms with van der Waals surface area (Å²) in [6.07, 6.45) is 0. The van der Waals surface area contributed by atoms with E-state index in [2.05, 4.69) is 6.92 Å². The standard InChI is InChI=1S/C14H14FNS/c1-10(11-4-2-6-13(16)8-11)17-14-7-3-5-12(15)9-14/h2-10H,16H2,1H3. The van der Waals surface area contributed by atoms with Crippen molar-refractivity contribution in [2.45, 2.75) is 17.1 Å². The lowest BCUT2D eigenvalue weighted by Crippen LogP contribution is -1.91. The van der Waals surface area contributed by atoms with E-state index < -0.39 is 0 Å². The molecule has 0 aliphatic rings. The third kappa shape index (κ3) is 3.24. The fraction of sp³-hybridized carbons (Fsp3) is 0.143. The topological polar surface area (TPSA) is 26.0 Å². The van der Waals surface area contributed by atoms with Gasteiger partial charge in [0.05, 0.1) is 0 Å². The van der Waals surface area contributed by atoms with Crippen LogP contribution in [-0.4, -0.2) is 0 Å². The van der Waals surface area contributed by atoms with Crippen molar-refractivity contribution in [2.24, 2.45) is 0 Å². The lowest BCUT2D eigenvalue weighted by atomic mass is 10.1. The van der Waals surface area contributed by atoms with Crippen molar-refractivity contribution in [1.82, 2.24) is 0 Å². The van der Waals surface area contributed by atoms with E-state index in [-0.39, 0.29) is 11.1 Å². The molecule has 0 saturated carbocycles. The summed E-state index contributed by atoms with van der Waals surface area (Å²) in [5.41, 5.74) is 7.66. The Kier molecular flexibility index (Phi) is 3.69. The molecular formula is C14H14FNS. The monoisotopic (exact) mass is 247 g/mol. The second-order valence-corrected chi connectivity index (χ2v) is 5.30. The van der Waals surface area contributed by atoms with E-state index in [1.807, 2.05) is 30.3 Å². The Morgan fingerprint density at radius 3 is 2.59 bits per heavy atom. The Hall–Kier alpha value is -1.48. The highest BCUT2D eigenvalue weighted by Crippen LogP contribution is 2.35. The van der Waals surface area contributed by atoms with Crippen molar-refractivity contribution in [3.05, 3.63) is 59.9 Å². The summed E-state index contributed by atoms with van der Waals surface area (Å²) in [4.78, 5) is 0.930. The SMILES string of the molecule is CC(Sc1cccc(F)c1)c1cccc(N)c1. The van der Waals surface area contributed by atoms with Crippen LogP contribution >= 0.6 is 11.8 Å². The van der Waals surface area contributed by atoms with Gasteiger partial charge in [0.15, 0.2) is 0 Å². The molecule has 3 heteroatoms. The third-order valence-electron chi connectivity index (χ3n) is 2.49. The predicted octanol–water partition coefficient (Wildman–Crippen LogP) is 4.26. The van der Waals surface area contributed by atoms with Gasteiger partial charge in [0.1, 0.15) is 5.82 Å². The maximum Gasteiger partial charge on any atom is 0.124 e. The van der Waals surface area contributed by atoms with Gasteiger partial charge in [-0.3, -0.25) is 0 Å². The number of anilines is 1. The Labute approximate surface area is 105 Å². The Balaban J connectivity index is 2.14. The normalized spacial score (nSPS) is 12.4. The first-order valence-corrected chi connectivity index (χ1v) is 6.31. The van der Waals surface area contributed by atoms with Crippen molar-refractivity contribution in [2.75, 3.05) is 5.73 Å². The number of benzene rings is 2. The van der Waals surface area contributed by atoms with Gasteiger partial charge < -0.3 is 5.73 Å². The van der Waals surface area contributed by atoms with Crippen LogP contribution in [0.1, 0.15) is 17.7 Å². The van der Waals surface area contributed by atoms with Crippen molar-refractivity contribution >= 4 is 17.4 Å². The molecule has 1 unspecified atom stereocenters. The summed E-state index contributed by atoms with van der Waals surface area (Å²) in [5, 5.41) is 0.250. The molecule has 2 N–H and O–H groups in total. The zero-order valence-electron chi connectivity index (χ0n) is 9.56. The van der Waals surface area contributed by atoms with Crippen molar-refractivity contribution in [3.63, 3.8) is 0 Å². The van der Waals surface area contributed by atoms with E-state index in [4.69, 9.17) is 5.73 Å². The molecule has 0 fully saturated rings. The van der Waals surface area contributed by atoms with Crippen LogP contribution in [0.4, 0.5) is 10.1 Å². The summed E-state index contributed by atoms with van der Waals surface area (Å²) < 4.78 is 13.1. The minimum atomic E-state index is -0.199. The van der Waals surface area contributed by atoms with Crippen molar-refractivity contribution in [3.8, 4) is 0 Å². The number of nitrogen functional groups attached to an aromatic ring is 1. The van der Waals surface area contributed by atoms with Crippen LogP contribution in [0.15, 0.2) is 53.4 Å². The Morgan fingerprint density at radius 1 is 1.12 bits per heavy atom. The van der Waals surface area contributed by atoms with Gasteiger partial charge in [-0.25, -0.2) is 4.39 Å². The van der Waals surface area contributed by atoms with Gasteiger partial charge in [-0.15, -0.1) is 11.8 Å². The van der Waals surface area contributed by atoms with Gasteiger partial charge in [0, 0.05) is 15.8 Å². The van der Waals surface area contributed by atoms with Gasteiger partial charge in [0.2, 0.25) is 0 Å². The molecule has 2 rings (SSSR count). The lowest BCUT2D eigenvalue weighted by Gasteiger charge is -2.12. The maximum atomic E-state index is 13.1. The van der Waals surface area contributed by atoms with Gasteiger partial charge in [-0.05, 0) is 42.8 Å². The van der Waals surface area contributed by atoms with E-state index in [9.17, 15) is 4.39 Å². The van der Waals surface area contributed by atoms with E-state index >= 15 is 0 Å². The second kappa shape index (κ2) is 5.23. The quantitative estimate of drug-likeness (QED) is 0.647. The number of thioether (sulfide) groups is 1. The van der Waals surface area contributed by atoms with Crippen molar-refractivity contribution in [1.29, 1.82) is 0 Å². The molecule has 0 saturated heterocycles. The molecule has 88 valence electrons. The minimum absolute atomic E-state index is 0.199. The van der Waals surface area contributed by atoms with Gasteiger partial charge in [-0.1, -0.05) is 18.2 Å². The summed E-state index contributed by atoms with van der Waals surface area (Å²) in [6, 6.07) is 14.4. The number of hydrogen-bond acceptors (Lipinski definition) is 2. The first kappa shape index (κ1) is 12.0. The van der Waals surface area contributed by atoms with Crippen LogP contribution < -0.4 is 5.73 Å². The van der Waals surface area contributed by atoms with Gasteiger partial charge >= 0.3 is 0 Å². The molecule has 1 nitrogen and oxygen atoms in total. The van der Waals surface area contributed by atoms with E-state index in [0.717, 1.165) is 16.1 Å². The highest BCUT2D eigenvalue weighted by molar-refractivity contribution is 7.99. The van der Waals surface area contributed by atoms with Crippen LogP contribution in [0.5, 0.6) is 0 Å². The average Bonchev–Trinajstić information content (AvgIpc) is 2.29. The highest BCUT2D eigenvalue weighted by Gasteiger charge is 2.08. The van der Waals surface area contributed by atoms with Crippen LogP contribution in [0, 0.1) is 5.82 Å². The smallest absolute Gasteiger partial charge is 0.124 e. The predicted molar refractivity (Wildman–Crippen MR) is 71.5 cm³/mol. The third-order valence-corrected chi connectivity index (χ3v) is 3.64. The fourth-order valence-electron chi connectivity index (χ4n) is 1.62. The van der Waals surface area contributed by atoms with Crippen LogP contribution in [0.25, 0.3) is 0 Å². The summed E-state index contributed by atoms with van der Waals surface area (Å²) >= 11 is 1.62. The van der Waals surface area contributed by atoms with Gasteiger partial charge in [0.25, 0.3) is 0 Å². The number of hydrogen-bond donors (Lipinski definition) is 1. The lowest BCUT2D eigenvalue weighted by molar-refractivity contribution is 0.624. The highest BCUT2D eigenvalue weighted by atomic mass is 32.2. The summed E-state index contributed by atoms with van der Waals surface area (Å²) in [6.45, 7) is 2.09. The molecule has 0 aromatic heterocycles. The molecule has 0 aliphatic carbocycles. The number of halogens is 1. The molecule has 0 radical (unpaired) electrons. The van der Waals surface area contributed by atoms with E-state index in [1.165, 1.54) is 6.07 Å². The minimum Gasteiger partial charge on any atom is -0.399 e. The zero-order valence-corrected chi connectivity index (χ0v) is 10.4. The average molecular weight is 247 g/mol. The van der Waals surface area contributed by atoms with Crippen LogP contribution in [0.3, 0.4) is 0 Å². The molecule has 0 bridgehead atoms. The molecule has 0 heterocycles. The molecule has 17 heavy (non-hydrogen) atoms. The largest absolute Gasteiger partial charge is 0.399 e.